The van der Waals surface area contributed by atoms with Crippen molar-refractivity contribution in [1.29, 1.82) is 0 Å². The zero-order chi connectivity index (χ0) is 13.9. The Bertz CT molecular complexity index is 279. The molecule has 0 saturated carbocycles. The molecule has 0 aromatic carbocycles. The second-order valence-corrected chi connectivity index (χ2v) is 6.23. The predicted octanol–water partition coefficient (Wildman–Crippen LogP) is 2.97. The van der Waals surface area contributed by atoms with Crippen molar-refractivity contribution in [2.45, 2.75) is 96.1 Å². The fourth-order valence-electron chi connectivity index (χ4n) is 3.04. The average Bonchev–Trinajstić information content (AvgIpc) is 2.64. The molecule has 0 bridgehead atoms. The number of ether oxygens (including phenoxy) is 3. The molecule has 4 nitrogen and oxygen atoms in total. The number of hydrogen-bond donors (Lipinski definition) is 1. The summed E-state index contributed by atoms with van der Waals surface area (Å²) in [7, 11) is 0. The van der Waals surface area contributed by atoms with Crippen molar-refractivity contribution in [3.8, 4) is 0 Å². The number of fused-ring (bicyclic) bond motifs is 1. The SMILES string of the molecule is CCCCCCC[C@H]1C[C@@H]2OC(C)(C)O[C@@H]2C(O)O1. The minimum absolute atomic E-state index is 0.0283. The van der Waals surface area contributed by atoms with Gasteiger partial charge in [-0.25, -0.2) is 0 Å². The Morgan fingerprint density at radius 1 is 1.11 bits per heavy atom. The fraction of sp³-hybridized carbons (Fsp3) is 1.00. The average molecular weight is 272 g/mol. The molecule has 4 heteroatoms. The van der Waals surface area contributed by atoms with Crippen molar-refractivity contribution >= 4 is 0 Å². The van der Waals surface area contributed by atoms with E-state index < -0.39 is 12.1 Å². The van der Waals surface area contributed by atoms with Gasteiger partial charge in [-0.05, 0) is 20.3 Å². The van der Waals surface area contributed by atoms with Gasteiger partial charge in [0.1, 0.15) is 6.10 Å². The zero-order valence-electron chi connectivity index (χ0n) is 12.4. The van der Waals surface area contributed by atoms with Crippen LogP contribution in [-0.4, -0.2) is 35.5 Å². The van der Waals surface area contributed by atoms with Gasteiger partial charge >= 0.3 is 0 Å². The first-order chi connectivity index (χ1) is 9.02. The highest BCUT2D eigenvalue weighted by atomic mass is 16.8. The van der Waals surface area contributed by atoms with E-state index in [1.165, 1.54) is 32.1 Å². The summed E-state index contributed by atoms with van der Waals surface area (Å²) in [6, 6.07) is 0. The molecular weight excluding hydrogens is 244 g/mol. The van der Waals surface area contributed by atoms with E-state index >= 15 is 0 Å². The maximum Gasteiger partial charge on any atom is 0.184 e. The molecule has 2 fully saturated rings. The van der Waals surface area contributed by atoms with Gasteiger partial charge < -0.3 is 19.3 Å². The van der Waals surface area contributed by atoms with E-state index in [1.54, 1.807) is 0 Å². The van der Waals surface area contributed by atoms with Crippen LogP contribution in [-0.2, 0) is 14.2 Å². The topological polar surface area (TPSA) is 47.9 Å². The molecule has 112 valence electrons. The Morgan fingerprint density at radius 3 is 2.58 bits per heavy atom. The molecule has 19 heavy (non-hydrogen) atoms. The quantitative estimate of drug-likeness (QED) is 0.755. The molecule has 0 aromatic heterocycles. The number of aliphatic hydroxyl groups excluding tert-OH is 1. The lowest BCUT2D eigenvalue weighted by Crippen LogP contribution is -2.46. The third kappa shape index (κ3) is 4.15. The molecule has 2 saturated heterocycles. The van der Waals surface area contributed by atoms with Crippen LogP contribution in [0.3, 0.4) is 0 Å². The van der Waals surface area contributed by atoms with Crippen molar-refractivity contribution in [2.24, 2.45) is 0 Å². The van der Waals surface area contributed by atoms with Crippen LogP contribution in [0.2, 0.25) is 0 Å². The van der Waals surface area contributed by atoms with Crippen molar-refractivity contribution in [2.75, 3.05) is 0 Å². The summed E-state index contributed by atoms with van der Waals surface area (Å²) in [6.07, 6.45) is 7.03. The normalized spacial score (nSPS) is 37.3. The lowest BCUT2D eigenvalue weighted by atomic mass is 9.98. The van der Waals surface area contributed by atoms with E-state index in [1.807, 2.05) is 13.8 Å². The van der Waals surface area contributed by atoms with Gasteiger partial charge in [0.2, 0.25) is 0 Å². The van der Waals surface area contributed by atoms with Crippen LogP contribution >= 0.6 is 0 Å². The van der Waals surface area contributed by atoms with Crippen LogP contribution in [0.25, 0.3) is 0 Å². The lowest BCUT2D eigenvalue weighted by molar-refractivity contribution is -0.230. The molecule has 1 unspecified atom stereocenters. The van der Waals surface area contributed by atoms with Gasteiger partial charge in [0.05, 0.1) is 12.2 Å². The maximum atomic E-state index is 10.00. The van der Waals surface area contributed by atoms with Gasteiger partial charge in [0.25, 0.3) is 0 Å². The standard InChI is InChI=1S/C15H28O4/c1-4-5-6-7-8-9-11-10-12-13(14(16)17-11)19-15(2,3)18-12/h11-14,16H,4-10H2,1-3H3/t11-,12-,13-,14?/m0/s1. The van der Waals surface area contributed by atoms with Gasteiger partial charge in [-0.3, -0.25) is 0 Å². The van der Waals surface area contributed by atoms with E-state index in [0.717, 1.165) is 12.8 Å². The Morgan fingerprint density at radius 2 is 1.84 bits per heavy atom. The van der Waals surface area contributed by atoms with Crippen LogP contribution in [0.15, 0.2) is 0 Å². The summed E-state index contributed by atoms with van der Waals surface area (Å²) in [5.41, 5.74) is 0. The first kappa shape index (κ1) is 15.2. The highest BCUT2D eigenvalue weighted by Crippen LogP contribution is 2.37. The van der Waals surface area contributed by atoms with Crippen LogP contribution in [0.1, 0.15) is 65.7 Å². The molecular formula is C15H28O4. The summed E-state index contributed by atoms with van der Waals surface area (Å²) in [4.78, 5) is 0. The molecule has 0 aliphatic carbocycles. The maximum absolute atomic E-state index is 10.00. The second-order valence-electron chi connectivity index (χ2n) is 6.23. The van der Waals surface area contributed by atoms with Gasteiger partial charge in [-0.15, -0.1) is 0 Å². The van der Waals surface area contributed by atoms with E-state index in [9.17, 15) is 5.11 Å². The third-order valence-corrected chi connectivity index (χ3v) is 3.96. The van der Waals surface area contributed by atoms with E-state index in [4.69, 9.17) is 14.2 Å². The molecule has 4 atom stereocenters. The summed E-state index contributed by atoms with van der Waals surface area (Å²) in [5, 5.41) is 10.00. The van der Waals surface area contributed by atoms with Crippen LogP contribution in [0.5, 0.6) is 0 Å². The molecule has 0 radical (unpaired) electrons. The fourth-order valence-corrected chi connectivity index (χ4v) is 3.04. The van der Waals surface area contributed by atoms with Gasteiger partial charge in [-0.1, -0.05) is 39.0 Å². The first-order valence-electron chi connectivity index (χ1n) is 7.71. The minimum Gasteiger partial charge on any atom is -0.366 e. The first-order valence-corrected chi connectivity index (χ1v) is 7.71. The Kier molecular flexibility index (Phi) is 5.23. The zero-order valence-corrected chi connectivity index (χ0v) is 12.4. The molecule has 1 N–H and O–H groups in total. The molecule has 2 rings (SSSR count). The monoisotopic (exact) mass is 272 g/mol. The van der Waals surface area contributed by atoms with Crippen molar-refractivity contribution in [3.05, 3.63) is 0 Å². The largest absolute Gasteiger partial charge is 0.366 e. The van der Waals surface area contributed by atoms with E-state index in [0.29, 0.717) is 0 Å². The third-order valence-electron chi connectivity index (χ3n) is 3.96. The Balaban J connectivity index is 1.73. The summed E-state index contributed by atoms with van der Waals surface area (Å²) in [6.45, 7) is 6.00. The van der Waals surface area contributed by atoms with Gasteiger partial charge in [0, 0.05) is 6.42 Å². The van der Waals surface area contributed by atoms with Crippen molar-refractivity contribution < 1.29 is 19.3 Å². The molecule has 0 aromatic rings. The predicted molar refractivity (Wildman–Crippen MR) is 72.7 cm³/mol. The van der Waals surface area contributed by atoms with E-state index in [2.05, 4.69) is 6.92 Å². The smallest absolute Gasteiger partial charge is 0.184 e. The molecule has 0 amide bonds. The van der Waals surface area contributed by atoms with Crippen LogP contribution in [0.4, 0.5) is 0 Å². The van der Waals surface area contributed by atoms with E-state index in [-0.39, 0.29) is 18.3 Å². The second kappa shape index (κ2) is 6.53. The number of rotatable bonds is 6. The molecule has 2 aliphatic rings. The number of aliphatic hydroxyl groups is 1. The Hall–Kier alpha value is -0.160. The summed E-state index contributed by atoms with van der Waals surface area (Å²) < 4.78 is 17.2. The highest BCUT2D eigenvalue weighted by molar-refractivity contribution is 4.89. The summed E-state index contributed by atoms with van der Waals surface area (Å²) >= 11 is 0. The highest BCUT2D eigenvalue weighted by Gasteiger charge is 2.49. The van der Waals surface area contributed by atoms with Gasteiger partial charge in [0.15, 0.2) is 12.1 Å². The Labute approximate surface area is 116 Å². The summed E-state index contributed by atoms with van der Waals surface area (Å²) in [5.74, 6) is -0.601. The minimum atomic E-state index is -0.846. The molecule has 0 spiro atoms. The number of hydrogen-bond acceptors (Lipinski definition) is 4. The molecule has 2 heterocycles. The lowest BCUT2D eigenvalue weighted by Gasteiger charge is -2.33. The number of unbranched alkanes of at least 4 members (excludes halogenated alkanes) is 4. The van der Waals surface area contributed by atoms with Gasteiger partial charge in [-0.2, -0.15) is 0 Å². The van der Waals surface area contributed by atoms with Crippen LogP contribution < -0.4 is 0 Å². The van der Waals surface area contributed by atoms with Crippen molar-refractivity contribution in [1.82, 2.24) is 0 Å². The van der Waals surface area contributed by atoms with Crippen molar-refractivity contribution in [3.63, 3.8) is 0 Å². The molecule has 2 aliphatic heterocycles. The van der Waals surface area contributed by atoms with Crippen LogP contribution in [0, 0.1) is 0 Å².